The SMILES string of the molecule is CCn1ccnc1C(O)CCOCCOC. The number of ether oxygens (including phenoxy) is 2. The van der Waals surface area contributed by atoms with Crippen LogP contribution in [0.5, 0.6) is 0 Å². The molecule has 5 heteroatoms. The molecule has 0 bridgehead atoms. The monoisotopic (exact) mass is 228 g/mol. The fourth-order valence-electron chi connectivity index (χ4n) is 1.45. The van der Waals surface area contributed by atoms with Crippen molar-refractivity contribution in [3.05, 3.63) is 18.2 Å². The normalized spacial score (nSPS) is 12.9. The van der Waals surface area contributed by atoms with E-state index in [0.29, 0.717) is 32.1 Å². The molecule has 0 aliphatic heterocycles. The van der Waals surface area contributed by atoms with Gasteiger partial charge < -0.3 is 19.1 Å². The average Bonchev–Trinajstić information content (AvgIpc) is 2.76. The number of methoxy groups -OCH3 is 1. The molecule has 1 N–H and O–H groups in total. The summed E-state index contributed by atoms with van der Waals surface area (Å²) in [6.45, 7) is 4.50. The zero-order chi connectivity index (χ0) is 11.8. The van der Waals surface area contributed by atoms with E-state index in [-0.39, 0.29) is 0 Å². The van der Waals surface area contributed by atoms with E-state index in [2.05, 4.69) is 4.98 Å². The Morgan fingerprint density at radius 2 is 2.25 bits per heavy atom. The molecule has 92 valence electrons. The highest BCUT2D eigenvalue weighted by atomic mass is 16.5. The molecule has 0 spiro atoms. The van der Waals surface area contributed by atoms with Crippen LogP contribution in [-0.4, -0.2) is 41.6 Å². The summed E-state index contributed by atoms with van der Waals surface area (Å²) in [5, 5.41) is 9.88. The van der Waals surface area contributed by atoms with E-state index in [4.69, 9.17) is 9.47 Å². The highest BCUT2D eigenvalue weighted by Crippen LogP contribution is 2.14. The summed E-state index contributed by atoms with van der Waals surface area (Å²) in [6.07, 6.45) is 3.57. The number of aromatic nitrogens is 2. The van der Waals surface area contributed by atoms with Crippen LogP contribution < -0.4 is 0 Å². The molecule has 1 rings (SSSR count). The van der Waals surface area contributed by atoms with Crippen LogP contribution in [0.2, 0.25) is 0 Å². The summed E-state index contributed by atoms with van der Waals surface area (Å²) in [5.74, 6) is 0.706. The Labute approximate surface area is 96.0 Å². The van der Waals surface area contributed by atoms with Crippen LogP contribution in [0.4, 0.5) is 0 Å². The number of hydrogen-bond donors (Lipinski definition) is 1. The third-order valence-electron chi connectivity index (χ3n) is 2.35. The minimum absolute atomic E-state index is 0.515. The summed E-state index contributed by atoms with van der Waals surface area (Å²) in [6, 6.07) is 0. The van der Waals surface area contributed by atoms with Crippen molar-refractivity contribution in [1.82, 2.24) is 9.55 Å². The van der Waals surface area contributed by atoms with Gasteiger partial charge in [0.1, 0.15) is 11.9 Å². The van der Waals surface area contributed by atoms with Gasteiger partial charge >= 0.3 is 0 Å². The van der Waals surface area contributed by atoms with Gasteiger partial charge in [-0.1, -0.05) is 0 Å². The number of hydrogen-bond acceptors (Lipinski definition) is 4. The molecule has 0 saturated heterocycles. The van der Waals surface area contributed by atoms with Gasteiger partial charge in [-0.2, -0.15) is 0 Å². The molecule has 0 radical (unpaired) electrons. The van der Waals surface area contributed by atoms with Crippen molar-refractivity contribution in [3.8, 4) is 0 Å². The fraction of sp³-hybridized carbons (Fsp3) is 0.727. The van der Waals surface area contributed by atoms with E-state index < -0.39 is 6.10 Å². The maximum absolute atomic E-state index is 9.88. The van der Waals surface area contributed by atoms with E-state index >= 15 is 0 Å². The van der Waals surface area contributed by atoms with Crippen molar-refractivity contribution >= 4 is 0 Å². The third kappa shape index (κ3) is 3.92. The van der Waals surface area contributed by atoms with Crippen molar-refractivity contribution in [1.29, 1.82) is 0 Å². The van der Waals surface area contributed by atoms with Crippen molar-refractivity contribution in [2.45, 2.75) is 26.0 Å². The Bertz CT molecular complexity index is 289. The van der Waals surface area contributed by atoms with Crippen LogP contribution in [0.1, 0.15) is 25.3 Å². The molecule has 1 aromatic heterocycles. The van der Waals surface area contributed by atoms with Gasteiger partial charge in [-0.15, -0.1) is 0 Å². The lowest BCUT2D eigenvalue weighted by Gasteiger charge is -2.12. The minimum Gasteiger partial charge on any atom is -0.385 e. The topological polar surface area (TPSA) is 56.5 Å². The molecule has 16 heavy (non-hydrogen) atoms. The van der Waals surface area contributed by atoms with E-state index in [1.165, 1.54) is 0 Å². The zero-order valence-electron chi connectivity index (χ0n) is 9.93. The lowest BCUT2D eigenvalue weighted by atomic mass is 10.2. The van der Waals surface area contributed by atoms with Gasteiger partial charge in [-0.05, 0) is 6.92 Å². The van der Waals surface area contributed by atoms with Crippen molar-refractivity contribution in [2.24, 2.45) is 0 Å². The first-order valence-corrected chi connectivity index (χ1v) is 5.55. The number of aryl methyl sites for hydroxylation is 1. The molecule has 0 fully saturated rings. The molecule has 0 amide bonds. The number of aliphatic hydroxyl groups excluding tert-OH is 1. The Balaban J connectivity index is 2.27. The largest absolute Gasteiger partial charge is 0.385 e. The molecule has 5 nitrogen and oxygen atoms in total. The van der Waals surface area contributed by atoms with Crippen LogP contribution in [0, 0.1) is 0 Å². The highest BCUT2D eigenvalue weighted by molar-refractivity contribution is 4.96. The second-order valence-corrected chi connectivity index (χ2v) is 3.48. The third-order valence-corrected chi connectivity index (χ3v) is 2.35. The van der Waals surface area contributed by atoms with Crippen molar-refractivity contribution in [3.63, 3.8) is 0 Å². The zero-order valence-corrected chi connectivity index (χ0v) is 9.93. The van der Waals surface area contributed by atoms with Gasteiger partial charge in [0.2, 0.25) is 0 Å². The smallest absolute Gasteiger partial charge is 0.137 e. The van der Waals surface area contributed by atoms with Crippen LogP contribution in [0.25, 0.3) is 0 Å². The maximum atomic E-state index is 9.88. The van der Waals surface area contributed by atoms with E-state index in [1.807, 2.05) is 17.7 Å². The molecule has 1 aromatic rings. The van der Waals surface area contributed by atoms with Crippen LogP contribution >= 0.6 is 0 Å². The summed E-state index contributed by atoms with van der Waals surface area (Å²) < 4.78 is 12.1. The Kier molecular flexibility index (Phi) is 6.07. The molecule has 0 aliphatic rings. The molecule has 1 unspecified atom stereocenters. The first-order valence-electron chi connectivity index (χ1n) is 5.55. The second-order valence-electron chi connectivity index (χ2n) is 3.48. The quantitative estimate of drug-likeness (QED) is 0.674. The first kappa shape index (κ1) is 13.2. The molecular weight excluding hydrogens is 208 g/mol. The lowest BCUT2D eigenvalue weighted by Crippen LogP contribution is -2.11. The highest BCUT2D eigenvalue weighted by Gasteiger charge is 2.12. The number of aliphatic hydroxyl groups is 1. The van der Waals surface area contributed by atoms with Gasteiger partial charge in [0.05, 0.1) is 13.2 Å². The molecule has 0 saturated carbocycles. The van der Waals surface area contributed by atoms with Crippen LogP contribution in [0.3, 0.4) is 0 Å². The van der Waals surface area contributed by atoms with Gasteiger partial charge in [0.15, 0.2) is 0 Å². The average molecular weight is 228 g/mol. The molecular formula is C11H20N2O3. The number of rotatable bonds is 8. The molecule has 1 atom stereocenters. The Morgan fingerprint density at radius 3 is 2.94 bits per heavy atom. The molecule has 0 aromatic carbocycles. The lowest BCUT2D eigenvalue weighted by molar-refractivity contribution is 0.0449. The van der Waals surface area contributed by atoms with Crippen molar-refractivity contribution < 1.29 is 14.6 Å². The summed E-state index contributed by atoms with van der Waals surface area (Å²) in [5.41, 5.74) is 0. The maximum Gasteiger partial charge on any atom is 0.137 e. The van der Waals surface area contributed by atoms with Crippen LogP contribution in [0.15, 0.2) is 12.4 Å². The molecule has 0 aliphatic carbocycles. The first-order chi connectivity index (χ1) is 7.79. The summed E-state index contributed by atoms with van der Waals surface area (Å²) >= 11 is 0. The van der Waals surface area contributed by atoms with Gasteiger partial charge in [0, 0.05) is 39.1 Å². The predicted octanol–water partition coefficient (Wildman–Crippen LogP) is 0.989. The van der Waals surface area contributed by atoms with Crippen LogP contribution in [-0.2, 0) is 16.0 Å². The number of imidazole rings is 1. The van der Waals surface area contributed by atoms with Gasteiger partial charge in [-0.25, -0.2) is 4.98 Å². The Morgan fingerprint density at radius 1 is 1.44 bits per heavy atom. The van der Waals surface area contributed by atoms with E-state index in [0.717, 1.165) is 6.54 Å². The summed E-state index contributed by atoms with van der Waals surface area (Å²) in [4.78, 5) is 4.13. The minimum atomic E-state index is -0.558. The van der Waals surface area contributed by atoms with Gasteiger partial charge in [-0.3, -0.25) is 0 Å². The second kappa shape index (κ2) is 7.38. The van der Waals surface area contributed by atoms with E-state index in [1.54, 1.807) is 13.3 Å². The van der Waals surface area contributed by atoms with Gasteiger partial charge in [0.25, 0.3) is 0 Å². The van der Waals surface area contributed by atoms with E-state index in [9.17, 15) is 5.11 Å². The van der Waals surface area contributed by atoms with Crippen molar-refractivity contribution in [2.75, 3.05) is 26.9 Å². The number of nitrogens with zero attached hydrogens (tertiary/aromatic N) is 2. The molecule has 1 heterocycles. The standard InChI is InChI=1S/C11H20N2O3/c1-3-13-6-5-12-11(13)10(14)4-7-16-9-8-15-2/h5-6,10,14H,3-4,7-9H2,1-2H3. The predicted molar refractivity (Wildman–Crippen MR) is 60.2 cm³/mol. The summed E-state index contributed by atoms with van der Waals surface area (Å²) in [7, 11) is 1.64. The fourth-order valence-corrected chi connectivity index (χ4v) is 1.45. The Hall–Kier alpha value is -0.910.